The van der Waals surface area contributed by atoms with Gasteiger partial charge < -0.3 is 10.2 Å². The summed E-state index contributed by atoms with van der Waals surface area (Å²) in [5, 5.41) is 8.33. The van der Waals surface area contributed by atoms with Crippen LogP contribution in [0.5, 0.6) is 0 Å². The summed E-state index contributed by atoms with van der Waals surface area (Å²) in [6.07, 6.45) is 1.88. The Hall–Kier alpha value is -3.19. The molecule has 2 N–H and O–H groups in total. The Balaban J connectivity index is 1.35. The molecule has 152 valence electrons. The lowest BCUT2D eigenvalue weighted by Crippen LogP contribution is -2.43. The highest BCUT2D eigenvalue weighted by Gasteiger charge is 2.36. The van der Waals surface area contributed by atoms with Crippen molar-refractivity contribution in [3.63, 3.8) is 0 Å². The molecule has 2 aromatic carbocycles. The number of nitrogens with zero attached hydrogens (tertiary/aromatic N) is 2. The molecule has 3 aromatic rings. The fourth-order valence-corrected chi connectivity index (χ4v) is 4.82. The van der Waals surface area contributed by atoms with E-state index in [1.54, 1.807) is 12.1 Å². The zero-order valence-electron chi connectivity index (χ0n) is 16.9. The van der Waals surface area contributed by atoms with Gasteiger partial charge in [-0.2, -0.15) is 0 Å². The van der Waals surface area contributed by atoms with Crippen molar-refractivity contribution in [2.24, 2.45) is 0 Å². The second-order valence-corrected chi connectivity index (χ2v) is 8.72. The lowest BCUT2D eigenvalue weighted by atomic mass is 10.1. The number of amides is 2. The maximum absolute atomic E-state index is 12.8. The molecule has 0 radical (unpaired) electrons. The van der Waals surface area contributed by atoms with Crippen molar-refractivity contribution in [1.29, 1.82) is 0 Å². The average Bonchev–Trinajstić information content (AvgIpc) is 3.40. The van der Waals surface area contributed by atoms with Gasteiger partial charge in [0.1, 0.15) is 6.04 Å². The number of rotatable bonds is 3. The number of hydrogen-bond acceptors (Lipinski definition) is 5. The van der Waals surface area contributed by atoms with Gasteiger partial charge in [0, 0.05) is 23.1 Å². The third-order valence-corrected chi connectivity index (χ3v) is 6.67. The van der Waals surface area contributed by atoms with E-state index in [9.17, 15) is 9.59 Å². The third kappa shape index (κ3) is 3.25. The van der Waals surface area contributed by atoms with Crippen LogP contribution in [0.3, 0.4) is 0 Å². The van der Waals surface area contributed by atoms with Crippen LogP contribution in [0.2, 0.25) is 0 Å². The Kier molecular flexibility index (Phi) is 4.55. The number of aryl methyl sites for hydroxylation is 2. The van der Waals surface area contributed by atoms with Gasteiger partial charge in [0.2, 0.25) is 5.91 Å². The number of benzene rings is 2. The average molecular weight is 419 g/mol. The first-order valence-electron chi connectivity index (χ1n) is 10.1. The van der Waals surface area contributed by atoms with Gasteiger partial charge in [-0.05, 0) is 62.1 Å². The smallest absolute Gasteiger partial charge is 0.257 e. The van der Waals surface area contributed by atoms with Gasteiger partial charge in [-0.15, -0.1) is 11.3 Å². The molecule has 2 aliphatic heterocycles. The van der Waals surface area contributed by atoms with Crippen molar-refractivity contribution >= 4 is 39.7 Å². The SMILES string of the molecule is Cc1ccc(-c2csc(NC(=O)c3ccc4c(c3)NC(=O)[C@H]3CCCN43)n2)cc1C. The molecule has 0 bridgehead atoms. The van der Waals surface area contributed by atoms with Gasteiger partial charge in [-0.3, -0.25) is 14.9 Å². The molecule has 2 amide bonds. The number of fused-ring (bicyclic) bond motifs is 3. The molecular weight excluding hydrogens is 396 g/mol. The summed E-state index contributed by atoms with van der Waals surface area (Å²) in [6.45, 7) is 5.03. The maximum Gasteiger partial charge on any atom is 0.257 e. The van der Waals surface area contributed by atoms with Crippen LogP contribution in [0.25, 0.3) is 11.3 Å². The van der Waals surface area contributed by atoms with Crippen LogP contribution in [0.4, 0.5) is 16.5 Å². The number of thiazole rings is 1. The van der Waals surface area contributed by atoms with Gasteiger partial charge in [0.05, 0.1) is 17.1 Å². The summed E-state index contributed by atoms with van der Waals surface area (Å²) >= 11 is 1.40. The zero-order valence-corrected chi connectivity index (χ0v) is 17.7. The minimum Gasteiger partial charge on any atom is -0.358 e. The van der Waals surface area contributed by atoms with E-state index in [0.29, 0.717) is 16.4 Å². The summed E-state index contributed by atoms with van der Waals surface area (Å²) < 4.78 is 0. The first kappa shape index (κ1) is 18.8. The molecule has 3 heterocycles. The predicted molar refractivity (Wildman–Crippen MR) is 120 cm³/mol. The summed E-state index contributed by atoms with van der Waals surface area (Å²) in [5.74, 6) is -0.230. The van der Waals surface area contributed by atoms with Gasteiger partial charge in [0.15, 0.2) is 5.13 Å². The summed E-state index contributed by atoms with van der Waals surface area (Å²) in [6, 6.07) is 11.6. The highest BCUT2D eigenvalue weighted by Crippen LogP contribution is 2.37. The molecular formula is C23H22N4O2S. The number of hydrogen-bond donors (Lipinski definition) is 2. The molecule has 1 aromatic heterocycles. The molecule has 6 nitrogen and oxygen atoms in total. The van der Waals surface area contributed by atoms with E-state index in [2.05, 4.69) is 46.5 Å². The van der Waals surface area contributed by atoms with Crippen LogP contribution < -0.4 is 15.5 Å². The molecule has 1 atom stereocenters. The molecule has 0 aliphatic carbocycles. The molecule has 1 saturated heterocycles. The molecule has 0 unspecified atom stereocenters. The van der Waals surface area contributed by atoms with Gasteiger partial charge in [-0.1, -0.05) is 12.1 Å². The predicted octanol–water partition coefficient (Wildman–Crippen LogP) is 4.60. The van der Waals surface area contributed by atoms with Crippen LogP contribution in [-0.4, -0.2) is 29.4 Å². The highest BCUT2D eigenvalue weighted by molar-refractivity contribution is 7.14. The van der Waals surface area contributed by atoms with E-state index in [-0.39, 0.29) is 17.9 Å². The Morgan fingerprint density at radius 1 is 1.20 bits per heavy atom. The van der Waals surface area contributed by atoms with Crippen molar-refractivity contribution in [1.82, 2.24) is 4.98 Å². The maximum atomic E-state index is 12.8. The number of aromatic nitrogens is 1. The number of carbonyl (C=O) groups is 2. The fraction of sp³-hybridized carbons (Fsp3) is 0.261. The minimum absolute atomic E-state index is 0.00974. The second-order valence-electron chi connectivity index (χ2n) is 7.86. The van der Waals surface area contributed by atoms with E-state index in [1.165, 1.54) is 22.5 Å². The van der Waals surface area contributed by atoms with E-state index in [4.69, 9.17) is 0 Å². The molecule has 1 fully saturated rings. The lowest BCUT2D eigenvalue weighted by molar-refractivity contribution is -0.117. The summed E-state index contributed by atoms with van der Waals surface area (Å²) in [4.78, 5) is 31.8. The Morgan fingerprint density at radius 2 is 2.07 bits per heavy atom. The van der Waals surface area contributed by atoms with E-state index in [0.717, 1.165) is 36.3 Å². The Bertz CT molecular complexity index is 1170. The van der Waals surface area contributed by atoms with Crippen molar-refractivity contribution in [3.05, 3.63) is 58.5 Å². The van der Waals surface area contributed by atoms with Crippen LogP contribution in [0.15, 0.2) is 41.8 Å². The summed E-state index contributed by atoms with van der Waals surface area (Å²) in [5.41, 5.74) is 6.50. The Morgan fingerprint density at radius 3 is 2.90 bits per heavy atom. The van der Waals surface area contributed by atoms with Crippen molar-refractivity contribution in [3.8, 4) is 11.3 Å². The van der Waals surface area contributed by atoms with Crippen LogP contribution >= 0.6 is 11.3 Å². The van der Waals surface area contributed by atoms with Crippen molar-refractivity contribution < 1.29 is 9.59 Å². The van der Waals surface area contributed by atoms with E-state index >= 15 is 0 Å². The number of anilines is 3. The molecule has 5 rings (SSSR count). The third-order valence-electron chi connectivity index (χ3n) is 5.91. The molecule has 30 heavy (non-hydrogen) atoms. The first-order chi connectivity index (χ1) is 14.5. The van der Waals surface area contributed by atoms with E-state index in [1.807, 2.05) is 17.5 Å². The Labute approximate surface area is 178 Å². The molecule has 0 spiro atoms. The van der Waals surface area contributed by atoms with Crippen LogP contribution in [0.1, 0.15) is 34.3 Å². The topological polar surface area (TPSA) is 74.3 Å². The first-order valence-corrected chi connectivity index (χ1v) is 10.9. The number of nitrogens with one attached hydrogen (secondary N) is 2. The summed E-state index contributed by atoms with van der Waals surface area (Å²) in [7, 11) is 0. The molecule has 2 aliphatic rings. The second kappa shape index (κ2) is 7.25. The van der Waals surface area contributed by atoms with Gasteiger partial charge in [0.25, 0.3) is 5.91 Å². The highest BCUT2D eigenvalue weighted by atomic mass is 32.1. The minimum atomic E-state index is -0.239. The quantitative estimate of drug-likeness (QED) is 0.652. The zero-order chi connectivity index (χ0) is 20.8. The molecule has 7 heteroatoms. The van der Waals surface area contributed by atoms with E-state index < -0.39 is 0 Å². The van der Waals surface area contributed by atoms with Gasteiger partial charge >= 0.3 is 0 Å². The normalized spacial score (nSPS) is 17.3. The fourth-order valence-electron chi connectivity index (χ4n) is 4.11. The standard InChI is InChI=1S/C23H22N4O2S/c1-13-5-6-15(10-14(13)2)18-12-30-23(25-18)26-21(28)16-7-8-19-17(11-16)24-22(29)20-4-3-9-27(19)20/h5-8,10-12,20H,3-4,9H2,1-2H3,(H,24,29)(H,25,26,28)/t20-/m1/s1. The largest absolute Gasteiger partial charge is 0.358 e. The monoisotopic (exact) mass is 418 g/mol. The van der Waals surface area contributed by atoms with Crippen LogP contribution in [0, 0.1) is 13.8 Å². The molecule has 0 saturated carbocycles. The van der Waals surface area contributed by atoms with Crippen LogP contribution in [-0.2, 0) is 4.79 Å². The van der Waals surface area contributed by atoms with Gasteiger partial charge in [-0.25, -0.2) is 4.98 Å². The van der Waals surface area contributed by atoms with Crippen molar-refractivity contribution in [2.45, 2.75) is 32.7 Å². The lowest BCUT2D eigenvalue weighted by Gasteiger charge is -2.33. The number of carbonyl (C=O) groups excluding carboxylic acids is 2. The van der Waals surface area contributed by atoms with Crippen molar-refractivity contribution in [2.75, 3.05) is 22.1 Å².